The van der Waals surface area contributed by atoms with E-state index >= 15 is 0 Å². The summed E-state index contributed by atoms with van der Waals surface area (Å²) >= 11 is 0. The Morgan fingerprint density at radius 2 is 2.22 bits per heavy atom. The molecule has 4 N–H and O–H groups in total. The molecule has 2 aliphatic rings. The minimum absolute atomic E-state index is 0.0215. The Morgan fingerprint density at radius 3 is 3.00 bits per heavy atom. The molecule has 27 heavy (non-hydrogen) atoms. The van der Waals surface area contributed by atoms with Crippen molar-refractivity contribution >= 4 is 11.6 Å². The average Bonchev–Trinajstić information content (AvgIpc) is 3.02. The van der Waals surface area contributed by atoms with Crippen molar-refractivity contribution in [2.75, 3.05) is 19.0 Å². The van der Waals surface area contributed by atoms with Crippen LogP contribution in [0.25, 0.3) is 0 Å². The number of aromatic hydroxyl groups is 1. The number of benzene rings is 1. The van der Waals surface area contributed by atoms with Gasteiger partial charge in [0.1, 0.15) is 5.75 Å². The predicted octanol–water partition coefficient (Wildman–Crippen LogP) is 1.83. The maximum Gasteiger partial charge on any atom is 0.251 e. The van der Waals surface area contributed by atoms with Crippen LogP contribution in [0, 0.1) is 5.82 Å². The Labute approximate surface area is 155 Å². The summed E-state index contributed by atoms with van der Waals surface area (Å²) in [4.78, 5) is 16.4. The molecule has 0 saturated heterocycles. The van der Waals surface area contributed by atoms with Crippen molar-refractivity contribution in [2.45, 2.75) is 18.5 Å². The topological polar surface area (TPSA) is 95.5 Å². The van der Waals surface area contributed by atoms with Gasteiger partial charge in [-0.05, 0) is 18.2 Å². The number of ether oxygens (including phenoxy) is 1. The van der Waals surface area contributed by atoms with Crippen LogP contribution >= 0.6 is 0 Å². The Kier molecular flexibility index (Phi) is 4.31. The summed E-state index contributed by atoms with van der Waals surface area (Å²) in [6.45, 7) is 0.537. The van der Waals surface area contributed by atoms with Crippen molar-refractivity contribution in [2.24, 2.45) is 0 Å². The number of halogens is 1. The van der Waals surface area contributed by atoms with Gasteiger partial charge in [-0.3, -0.25) is 9.78 Å². The number of carbonyl (C=O) groups excluding carboxylic acids is 1. The fourth-order valence-electron chi connectivity index (χ4n) is 3.65. The number of hydrogen-bond acceptors (Lipinski definition) is 6. The monoisotopic (exact) mass is 370 g/mol. The van der Waals surface area contributed by atoms with Crippen molar-refractivity contribution in [3.8, 4) is 11.5 Å². The van der Waals surface area contributed by atoms with Crippen LogP contribution in [-0.4, -0.2) is 35.7 Å². The number of rotatable bonds is 4. The summed E-state index contributed by atoms with van der Waals surface area (Å²) in [6, 6.07) is 5.31. The minimum Gasteiger partial charge on any atom is -0.506 e. The van der Waals surface area contributed by atoms with Crippen LogP contribution in [0.5, 0.6) is 11.5 Å². The fourth-order valence-corrected chi connectivity index (χ4v) is 3.65. The largest absolute Gasteiger partial charge is 0.506 e. The fraction of sp³-hybridized carbons (Fsp3) is 0.263. The highest BCUT2D eigenvalue weighted by Gasteiger charge is 2.41. The van der Waals surface area contributed by atoms with Gasteiger partial charge in [-0.1, -0.05) is 6.07 Å². The van der Waals surface area contributed by atoms with Crippen LogP contribution in [0.1, 0.15) is 18.0 Å². The number of carbonyl (C=O) groups is 1. The maximum absolute atomic E-state index is 14.1. The van der Waals surface area contributed by atoms with E-state index in [2.05, 4.69) is 20.9 Å². The summed E-state index contributed by atoms with van der Waals surface area (Å²) in [5.74, 6) is -0.597. The van der Waals surface area contributed by atoms with Crippen molar-refractivity contribution in [1.29, 1.82) is 0 Å². The summed E-state index contributed by atoms with van der Waals surface area (Å²) in [5, 5.41) is 19.7. The van der Waals surface area contributed by atoms with Crippen LogP contribution < -0.4 is 20.7 Å². The van der Waals surface area contributed by atoms with Gasteiger partial charge < -0.3 is 25.8 Å². The highest BCUT2D eigenvalue weighted by molar-refractivity contribution is 5.98. The average molecular weight is 370 g/mol. The van der Waals surface area contributed by atoms with Crippen molar-refractivity contribution in [1.82, 2.24) is 15.6 Å². The lowest BCUT2D eigenvalue weighted by Crippen LogP contribution is -2.38. The van der Waals surface area contributed by atoms with E-state index in [1.807, 2.05) is 0 Å². The van der Waals surface area contributed by atoms with Crippen LogP contribution in [0.3, 0.4) is 0 Å². The predicted molar refractivity (Wildman–Crippen MR) is 96.8 cm³/mol. The molecule has 1 amide bonds. The number of methoxy groups -OCH3 is 1. The summed E-state index contributed by atoms with van der Waals surface area (Å²) in [5.41, 5.74) is 2.39. The third-order valence-electron chi connectivity index (χ3n) is 4.85. The first-order valence-electron chi connectivity index (χ1n) is 8.60. The van der Waals surface area contributed by atoms with Gasteiger partial charge in [0.2, 0.25) is 0 Å². The van der Waals surface area contributed by atoms with E-state index in [9.17, 15) is 14.3 Å². The van der Waals surface area contributed by atoms with E-state index in [-0.39, 0.29) is 17.4 Å². The lowest BCUT2D eigenvalue weighted by molar-refractivity contribution is -0.118. The first-order chi connectivity index (χ1) is 13.1. The highest BCUT2D eigenvalue weighted by atomic mass is 19.1. The second kappa shape index (κ2) is 6.79. The van der Waals surface area contributed by atoms with Gasteiger partial charge in [0, 0.05) is 30.4 Å². The molecular weight excluding hydrogens is 351 g/mol. The molecule has 0 fully saturated rings. The molecule has 2 aliphatic heterocycles. The van der Waals surface area contributed by atoms with Crippen LogP contribution in [0.2, 0.25) is 0 Å². The van der Waals surface area contributed by atoms with E-state index in [4.69, 9.17) is 4.74 Å². The Morgan fingerprint density at radius 1 is 1.37 bits per heavy atom. The lowest BCUT2D eigenvalue weighted by atomic mass is 9.94. The van der Waals surface area contributed by atoms with Crippen molar-refractivity contribution < 1.29 is 19.0 Å². The molecule has 0 radical (unpaired) electrons. The third-order valence-corrected chi connectivity index (χ3v) is 4.85. The molecule has 2 aromatic rings. The van der Waals surface area contributed by atoms with Gasteiger partial charge in [0.15, 0.2) is 11.6 Å². The van der Waals surface area contributed by atoms with Crippen molar-refractivity contribution in [3.05, 3.63) is 59.3 Å². The summed E-state index contributed by atoms with van der Waals surface area (Å²) in [7, 11) is 1.39. The molecular formula is C19H19FN4O3. The molecule has 4 rings (SSSR count). The second-order valence-corrected chi connectivity index (χ2v) is 6.40. The van der Waals surface area contributed by atoms with Crippen molar-refractivity contribution in [3.63, 3.8) is 0 Å². The highest BCUT2D eigenvalue weighted by Crippen LogP contribution is 2.40. The molecule has 8 heteroatoms. The Balaban J connectivity index is 1.77. The van der Waals surface area contributed by atoms with Gasteiger partial charge in [-0.2, -0.15) is 0 Å². The number of hydrogen-bond donors (Lipinski definition) is 4. The number of nitrogens with one attached hydrogen (secondary N) is 3. The molecule has 0 bridgehead atoms. The standard InChI is InChI=1S/C19H19FN4O3/c1-27-18-11(20)3-2-4-13(18)24-17-15-12(6-8-22-19(15)26)23-16(17)10-5-7-21-9-14(10)25/h2-5,7,9,16-17,23-25H,6,8H2,1H3,(H,22,26). The zero-order valence-corrected chi connectivity index (χ0v) is 14.6. The Bertz CT molecular complexity index is 931. The molecule has 3 heterocycles. The van der Waals surface area contributed by atoms with Gasteiger partial charge >= 0.3 is 0 Å². The minimum atomic E-state index is -0.524. The van der Waals surface area contributed by atoms with E-state index in [1.165, 1.54) is 19.4 Å². The molecule has 2 atom stereocenters. The number of amides is 1. The number of nitrogens with zero attached hydrogens (tertiary/aromatic N) is 1. The third kappa shape index (κ3) is 2.92. The molecule has 1 aromatic carbocycles. The zero-order valence-electron chi connectivity index (χ0n) is 14.6. The molecule has 0 spiro atoms. The van der Waals surface area contributed by atoms with Gasteiger partial charge in [0.05, 0.1) is 36.7 Å². The number of aromatic nitrogens is 1. The van der Waals surface area contributed by atoms with Crippen LogP contribution in [0.4, 0.5) is 10.1 Å². The van der Waals surface area contributed by atoms with Gasteiger partial charge in [-0.15, -0.1) is 0 Å². The SMILES string of the molecule is COc1c(F)cccc1NC1C2=C(CCNC2=O)NC1c1ccncc1O. The number of anilines is 1. The second-order valence-electron chi connectivity index (χ2n) is 6.40. The first kappa shape index (κ1) is 17.1. The Hall–Kier alpha value is -3.29. The van der Waals surface area contributed by atoms with E-state index in [0.29, 0.717) is 29.8 Å². The maximum atomic E-state index is 14.1. The first-order valence-corrected chi connectivity index (χ1v) is 8.60. The molecule has 0 saturated carbocycles. The lowest BCUT2D eigenvalue weighted by Gasteiger charge is -2.26. The summed E-state index contributed by atoms with van der Waals surface area (Å²) < 4.78 is 19.3. The molecule has 1 aromatic heterocycles. The van der Waals surface area contributed by atoms with Crippen LogP contribution in [0.15, 0.2) is 47.9 Å². The number of para-hydroxylation sites is 1. The summed E-state index contributed by atoms with van der Waals surface area (Å²) in [6.07, 6.45) is 3.59. The molecule has 7 nitrogen and oxygen atoms in total. The zero-order chi connectivity index (χ0) is 19.0. The van der Waals surface area contributed by atoms with E-state index in [0.717, 1.165) is 5.70 Å². The van der Waals surface area contributed by atoms with Gasteiger partial charge in [0.25, 0.3) is 5.91 Å². The van der Waals surface area contributed by atoms with E-state index in [1.54, 1.807) is 24.4 Å². The normalized spacial score (nSPS) is 21.3. The molecule has 0 aliphatic carbocycles. The van der Waals surface area contributed by atoms with E-state index < -0.39 is 17.9 Å². The number of pyridine rings is 1. The van der Waals surface area contributed by atoms with Gasteiger partial charge in [-0.25, -0.2) is 4.39 Å². The quantitative estimate of drug-likeness (QED) is 0.656. The smallest absolute Gasteiger partial charge is 0.251 e. The molecule has 140 valence electrons. The van der Waals surface area contributed by atoms with Crippen LogP contribution in [-0.2, 0) is 4.79 Å². The molecule has 2 unspecified atom stereocenters.